The normalized spacial score (nSPS) is 10.8. The first kappa shape index (κ1) is 20.7. The van der Waals surface area contributed by atoms with Gasteiger partial charge < -0.3 is 15.2 Å². The van der Waals surface area contributed by atoms with Gasteiger partial charge in [-0.15, -0.1) is 0 Å². The van der Waals surface area contributed by atoms with Gasteiger partial charge in [-0.2, -0.15) is 0 Å². The molecule has 0 atom stereocenters. The lowest BCUT2D eigenvalue weighted by molar-refractivity contribution is -0.121. The first-order valence-electron chi connectivity index (χ1n) is 10.3. The first-order chi connectivity index (χ1) is 14.2. The highest BCUT2D eigenvalue weighted by Crippen LogP contribution is 2.26. The Morgan fingerprint density at radius 1 is 0.966 bits per heavy atom. The van der Waals surface area contributed by atoms with E-state index < -0.39 is 0 Å². The van der Waals surface area contributed by atoms with Crippen LogP contribution in [0.25, 0.3) is 10.8 Å². The topological polar surface area (TPSA) is 58.6 Å². The van der Waals surface area contributed by atoms with Crippen LogP contribution in [0, 0.1) is 0 Å². The predicted molar refractivity (Wildman–Crippen MR) is 117 cm³/mol. The lowest BCUT2D eigenvalue weighted by Crippen LogP contribution is -2.22. The number of unbranched alkanes of at least 4 members (excludes halogenated alkanes) is 3. The number of phenolic OH excluding ortho intramolecular Hbond substituents is 1. The zero-order valence-corrected chi connectivity index (χ0v) is 17.0. The van der Waals surface area contributed by atoms with Crippen molar-refractivity contribution in [2.24, 2.45) is 0 Å². The van der Waals surface area contributed by atoms with Crippen LogP contribution in [0.3, 0.4) is 0 Å². The maximum atomic E-state index is 12.0. The minimum absolute atomic E-state index is 0.0612. The Morgan fingerprint density at radius 3 is 2.62 bits per heavy atom. The molecule has 0 bridgehead atoms. The Labute approximate surface area is 172 Å². The quantitative estimate of drug-likeness (QED) is 0.457. The van der Waals surface area contributed by atoms with E-state index >= 15 is 0 Å². The van der Waals surface area contributed by atoms with E-state index in [1.807, 2.05) is 0 Å². The summed E-state index contributed by atoms with van der Waals surface area (Å²) in [6.45, 7) is 0.441. The molecular weight excluding hydrogens is 362 g/mol. The van der Waals surface area contributed by atoms with Crippen molar-refractivity contribution in [2.45, 2.75) is 45.1 Å². The fourth-order valence-electron chi connectivity index (χ4n) is 3.59. The number of carbonyl (C=O) groups is 1. The van der Waals surface area contributed by atoms with Crippen molar-refractivity contribution in [1.82, 2.24) is 5.32 Å². The van der Waals surface area contributed by atoms with E-state index in [9.17, 15) is 9.90 Å². The fourth-order valence-corrected chi connectivity index (χ4v) is 3.59. The average molecular weight is 392 g/mol. The van der Waals surface area contributed by atoms with Crippen LogP contribution in [-0.4, -0.2) is 18.1 Å². The summed E-state index contributed by atoms with van der Waals surface area (Å²) in [4.78, 5) is 12.0. The summed E-state index contributed by atoms with van der Waals surface area (Å²) in [5, 5.41) is 15.2. The Bertz CT molecular complexity index is 946. The van der Waals surface area contributed by atoms with Crippen LogP contribution in [-0.2, 0) is 17.8 Å². The van der Waals surface area contributed by atoms with Crippen molar-refractivity contribution in [3.05, 3.63) is 71.8 Å². The van der Waals surface area contributed by atoms with Crippen molar-refractivity contribution >= 4 is 16.7 Å². The first-order valence-corrected chi connectivity index (χ1v) is 10.3. The largest absolute Gasteiger partial charge is 0.504 e. The van der Waals surface area contributed by atoms with E-state index in [1.54, 1.807) is 18.2 Å². The molecule has 29 heavy (non-hydrogen) atoms. The molecule has 4 nitrogen and oxygen atoms in total. The summed E-state index contributed by atoms with van der Waals surface area (Å²) in [7, 11) is 1.51. The van der Waals surface area contributed by atoms with Crippen LogP contribution >= 0.6 is 0 Å². The number of amides is 1. The number of hydrogen-bond acceptors (Lipinski definition) is 3. The third-order valence-electron chi connectivity index (χ3n) is 5.21. The minimum Gasteiger partial charge on any atom is -0.504 e. The second kappa shape index (κ2) is 10.5. The van der Waals surface area contributed by atoms with Gasteiger partial charge in [0.15, 0.2) is 11.5 Å². The summed E-state index contributed by atoms with van der Waals surface area (Å²) < 4.78 is 5.09. The highest BCUT2D eigenvalue weighted by Gasteiger charge is 2.05. The molecule has 3 aromatic rings. The molecule has 0 aliphatic heterocycles. The predicted octanol–water partition coefficient (Wildman–Crippen LogP) is 5.36. The molecular formula is C25H29NO3. The standard InChI is InChI=1S/C25H29NO3/c1-29-24-17-19(15-16-23(24)27)18-26-25(28)14-5-3-2-4-9-20-11-8-12-21-10-6-7-13-22(20)21/h6-8,10-13,15-17,27H,2-5,9,14,18H2,1H3,(H,26,28). The van der Waals surface area contributed by atoms with Gasteiger partial charge in [-0.05, 0) is 53.3 Å². The van der Waals surface area contributed by atoms with E-state index in [4.69, 9.17) is 4.74 Å². The smallest absolute Gasteiger partial charge is 0.220 e. The summed E-state index contributed by atoms with van der Waals surface area (Å²) in [5.74, 6) is 0.583. The molecule has 2 N–H and O–H groups in total. The number of nitrogens with one attached hydrogen (secondary N) is 1. The SMILES string of the molecule is COc1cc(CNC(=O)CCCCCCc2cccc3ccccc23)ccc1O. The molecule has 0 aliphatic rings. The molecule has 3 aromatic carbocycles. The van der Waals surface area contributed by atoms with E-state index in [2.05, 4.69) is 47.8 Å². The monoisotopic (exact) mass is 391 g/mol. The van der Waals surface area contributed by atoms with Gasteiger partial charge in [-0.1, -0.05) is 61.4 Å². The van der Waals surface area contributed by atoms with Gasteiger partial charge in [0.2, 0.25) is 5.91 Å². The molecule has 0 unspecified atom stereocenters. The van der Waals surface area contributed by atoms with Crippen LogP contribution < -0.4 is 10.1 Å². The van der Waals surface area contributed by atoms with Crippen molar-refractivity contribution in [3.63, 3.8) is 0 Å². The maximum absolute atomic E-state index is 12.0. The Kier molecular flexibility index (Phi) is 7.51. The zero-order chi connectivity index (χ0) is 20.5. The van der Waals surface area contributed by atoms with Crippen molar-refractivity contribution in [1.29, 1.82) is 0 Å². The van der Waals surface area contributed by atoms with Crippen LogP contribution in [0.2, 0.25) is 0 Å². The molecule has 0 spiro atoms. The average Bonchev–Trinajstić information content (AvgIpc) is 2.75. The molecule has 3 rings (SSSR count). The van der Waals surface area contributed by atoms with Crippen molar-refractivity contribution in [3.8, 4) is 11.5 Å². The second-order valence-corrected chi connectivity index (χ2v) is 7.34. The van der Waals surface area contributed by atoms with Gasteiger partial charge in [-0.3, -0.25) is 4.79 Å². The van der Waals surface area contributed by atoms with Gasteiger partial charge in [0.25, 0.3) is 0 Å². The molecule has 0 heterocycles. The summed E-state index contributed by atoms with van der Waals surface area (Å²) in [5.41, 5.74) is 2.31. The van der Waals surface area contributed by atoms with Crippen molar-refractivity contribution in [2.75, 3.05) is 7.11 Å². The summed E-state index contributed by atoms with van der Waals surface area (Å²) in [6.07, 6.45) is 5.86. The second-order valence-electron chi connectivity index (χ2n) is 7.34. The molecule has 0 fully saturated rings. The third kappa shape index (κ3) is 5.98. The highest BCUT2D eigenvalue weighted by molar-refractivity contribution is 5.85. The van der Waals surface area contributed by atoms with Gasteiger partial charge in [-0.25, -0.2) is 0 Å². The van der Waals surface area contributed by atoms with Gasteiger partial charge in [0.05, 0.1) is 7.11 Å². The Morgan fingerprint density at radius 2 is 1.76 bits per heavy atom. The lowest BCUT2D eigenvalue weighted by Gasteiger charge is -2.09. The number of phenols is 1. The molecule has 0 radical (unpaired) electrons. The lowest BCUT2D eigenvalue weighted by atomic mass is 9.99. The number of rotatable bonds is 10. The molecule has 0 aromatic heterocycles. The van der Waals surface area contributed by atoms with E-state index in [0.29, 0.717) is 18.7 Å². The van der Waals surface area contributed by atoms with Gasteiger partial charge in [0.1, 0.15) is 0 Å². The third-order valence-corrected chi connectivity index (χ3v) is 5.21. The zero-order valence-electron chi connectivity index (χ0n) is 17.0. The van der Waals surface area contributed by atoms with Crippen LogP contribution in [0.5, 0.6) is 11.5 Å². The Balaban J connectivity index is 1.33. The summed E-state index contributed by atoms with van der Waals surface area (Å²) in [6, 6.07) is 20.1. The van der Waals surface area contributed by atoms with Gasteiger partial charge >= 0.3 is 0 Å². The number of fused-ring (bicyclic) bond motifs is 1. The number of aryl methyl sites for hydroxylation is 1. The summed E-state index contributed by atoms with van der Waals surface area (Å²) >= 11 is 0. The van der Waals surface area contributed by atoms with Gasteiger partial charge in [0, 0.05) is 13.0 Å². The molecule has 0 saturated heterocycles. The van der Waals surface area contributed by atoms with E-state index in [1.165, 1.54) is 23.4 Å². The minimum atomic E-state index is 0.0612. The Hall–Kier alpha value is -3.01. The fraction of sp³-hybridized carbons (Fsp3) is 0.320. The molecule has 4 heteroatoms. The number of hydrogen-bond donors (Lipinski definition) is 2. The molecule has 0 aliphatic carbocycles. The maximum Gasteiger partial charge on any atom is 0.220 e. The van der Waals surface area contributed by atoms with Crippen molar-refractivity contribution < 1.29 is 14.6 Å². The molecule has 1 amide bonds. The van der Waals surface area contributed by atoms with Crippen LogP contribution in [0.1, 0.15) is 43.2 Å². The molecule has 0 saturated carbocycles. The van der Waals surface area contributed by atoms with Crippen LogP contribution in [0.15, 0.2) is 60.7 Å². The number of methoxy groups -OCH3 is 1. The number of carbonyl (C=O) groups excluding carboxylic acids is 1. The highest BCUT2D eigenvalue weighted by atomic mass is 16.5. The number of ether oxygens (including phenoxy) is 1. The molecule has 152 valence electrons. The van der Waals surface area contributed by atoms with E-state index in [-0.39, 0.29) is 11.7 Å². The van der Waals surface area contributed by atoms with Crippen LogP contribution in [0.4, 0.5) is 0 Å². The number of benzene rings is 3. The van der Waals surface area contributed by atoms with E-state index in [0.717, 1.165) is 37.7 Å². The number of aromatic hydroxyl groups is 1.